The molecule has 20 heavy (non-hydrogen) atoms. The van der Waals surface area contributed by atoms with Gasteiger partial charge in [0.15, 0.2) is 0 Å². The Hall–Kier alpha value is -0.680. The maximum atomic E-state index is 6.30. The van der Waals surface area contributed by atoms with Gasteiger partial charge in [-0.1, -0.05) is 49.2 Å². The fourth-order valence-corrected chi connectivity index (χ4v) is 3.57. The van der Waals surface area contributed by atoms with Crippen LogP contribution in [0.5, 0.6) is 0 Å². The van der Waals surface area contributed by atoms with Crippen molar-refractivity contribution in [3.63, 3.8) is 0 Å². The summed E-state index contributed by atoms with van der Waals surface area (Å²) < 4.78 is 1.00. The van der Waals surface area contributed by atoms with E-state index >= 15 is 0 Å². The number of nitrogens with zero attached hydrogens (tertiary/aromatic N) is 2. The van der Waals surface area contributed by atoms with Gasteiger partial charge in [0, 0.05) is 5.92 Å². The van der Waals surface area contributed by atoms with Crippen LogP contribution < -0.4 is 0 Å². The second-order valence-electron chi connectivity index (χ2n) is 5.17. The number of benzene rings is 1. The van der Waals surface area contributed by atoms with Gasteiger partial charge in [0.1, 0.15) is 11.0 Å². The molecule has 1 unspecified atom stereocenters. The Morgan fingerprint density at radius 2 is 2.10 bits per heavy atom. The summed E-state index contributed by atoms with van der Waals surface area (Å²) in [6, 6.07) is 8.60. The van der Waals surface area contributed by atoms with E-state index in [1.165, 1.54) is 11.1 Å². The number of aryl methyl sites for hydroxylation is 2. The molecule has 3 rings (SSSR count). The normalized spacial score (nSPS) is 17.2. The minimum Gasteiger partial charge on any atom is -0.236 e. The van der Waals surface area contributed by atoms with Crippen LogP contribution in [0.4, 0.5) is 0 Å². The van der Waals surface area contributed by atoms with Crippen LogP contribution in [-0.2, 0) is 12.8 Å². The minimum absolute atomic E-state index is 0.302. The zero-order valence-electron chi connectivity index (χ0n) is 11.4. The second-order valence-corrected chi connectivity index (χ2v) is 6.61. The molecule has 1 aromatic heterocycles. The van der Waals surface area contributed by atoms with Gasteiger partial charge in [0.05, 0.1) is 9.26 Å². The molecule has 0 bridgehead atoms. The zero-order valence-corrected chi connectivity index (χ0v) is 14.3. The summed E-state index contributed by atoms with van der Waals surface area (Å²) in [6.45, 7) is 2.16. The van der Waals surface area contributed by atoms with Gasteiger partial charge in [-0.3, -0.25) is 0 Å². The molecule has 1 heterocycles. The third-order valence-corrected chi connectivity index (χ3v) is 5.55. The molecule has 0 saturated carbocycles. The largest absolute Gasteiger partial charge is 0.236 e. The highest BCUT2D eigenvalue weighted by molar-refractivity contribution is 14.1. The average Bonchev–Trinajstić information content (AvgIpc) is 2.88. The lowest BCUT2D eigenvalue weighted by Crippen LogP contribution is -2.08. The first-order valence-electron chi connectivity index (χ1n) is 7.00. The first kappa shape index (κ1) is 14.3. The van der Waals surface area contributed by atoms with Crippen molar-refractivity contribution < 1.29 is 0 Å². The van der Waals surface area contributed by atoms with E-state index in [0.29, 0.717) is 11.1 Å². The topological polar surface area (TPSA) is 25.8 Å². The summed E-state index contributed by atoms with van der Waals surface area (Å²) >= 11 is 8.55. The van der Waals surface area contributed by atoms with Gasteiger partial charge < -0.3 is 0 Å². The van der Waals surface area contributed by atoms with Crippen LogP contribution in [-0.4, -0.2) is 9.97 Å². The molecule has 1 aliphatic carbocycles. The summed E-state index contributed by atoms with van der Waals surface area (Å²) in [6.07, 6.45) is 4.23. The van der Waals surface area contributed by atoms with Crippen molar-refractivity contribution in [2.24, 2.45) is 0 Å². The predicted octanol–water partition coefficient (Wildman–Crippen LogP) is 4.77. The minimum atomic E-state index is 0.302. The molecule has 4 heteroatoms. The Balaban J connectivity index is 2.03. The first-order chi connectivity index (χ1) is 9.70. The van der Waals surface area contributed by atoms with Gasteiger partial charge in [-0.2, -0.15) is 0 Å². The monoisotopic (exact) mass is 398 g/mol. The number of aromatic nitrogens is 2. The molecule has 0 spiro atoms. The third-order valence-electron chi connectivity index (χ3n) is 3.83. The molecule has 2 aromatic rings. The van der Waals surface area contributed by atoms with E-state index in [1.54, 1.807) is 0 Å². The molecule has 2 nitrogen and oxygen atoms in total. The molecule has 0 amide bonds. The van der Waals surface area contributed by atoms with Crippen molar-refractivity contribution in [1.82, 2.24) is 9.97 Å². The summed E-state index contributed by atoms with van der Waals surface area (Å²) in [5, 5.41) is 0.600. The molecular formula is C16H16ClIN2. The van der Waals surface area contributed by atoms with Crippen LogP contribution >= 0.6 is 34.2 Å². The molecule has 1 aliphatic rings. The maximum absolute atomic E-state index is 6.30. The Labute approximate surface area is 138 Å². The number of hydrogen-bond acceptors (Lipinski definition) is 2. The van der Waals surface area contributed by atoms with E-state index in [-0.39, 0.29) is 0 Å². The predicted molar refractivity (Wildman–Crippen MR) is 90.4 cm³/mol. The van der Waals surface area contributed by atoms with Crippen LogP contribution in [0.1, 0.15) is 48.3 Å². The number of fused-ring (bicyclic) bond motifs is 1. The van der Waals surface area contributed by atoms with Crippen molar-refractivity contribution in [3.05, 3.63) is 55.6 Å². The lowest BCUT2D eigenvalue weighted by atomic mass is 10.0. The average molecular weight is 399 g/mol. The van der Waals surface area contributed by atoms with E-state index in [9.17, 15) is 0 Å². The summed E-state index contributed by atoms with van der Waals surface area (Å²) in [5.74, 6) is 1.19. The Morgan fingerprint density at radius 3 is 2.90 bits per heavy atom. The van der Waals surface area contributed by atoms with E-state index < -0.39 is 0 Å². The van der Waals surface area contributed by atoms with Gasteiger partial charge >= 0.3 is 0 Å². The SMILES string of the molecule is CCCc1nc(C2CCc3ccccc32)nc(Cl)c1I. The van der Waals surface area contributed by atoms with Crippen LogP contribution in [0, 0.1) is 3.57 Å². The quantitative estimate of drug-likeness (QED) is 0.550. The molecule has 0 radical (unpaired) electrons. The molecule has 1 aromatic carbocycles. The summed E-state index contributed by atoms with van der Waals surface area (Å²) in [7, 11) is 0. The summed E-state index contributed by atoms with van der Waals surface area (Å²) in [5.41, 5.74) is 3.88. The van der Waals surface area contributed by atoms with Crippen molar-refractivity contribution in [1.29, 1.82) is 0 Å². The van der Waals surface area contributed by atoms with Crippen LogP contribution in [0.15, 0.2) is 24.3 Å². The molecule has 0 saturated heterocycles. The Morgan fingerprint density at radius 1 is 1.30 bits per heavy atom. The second kappa shape index (κ2) is 5.98. The maximum Gasteiger partial charge on any atom is 0.146 e. The van der Waals surface area contributed by atoms with Crippen molar-refractivity contribution in [2.75, 3.05) is 0 Å². The van der Waals surface area contributed by atoms with Crippen LogP contribution in [0.25, 0.3) is 0 Å². The van der Waals surface area contributed by atoms with Crippen LogP contribution in [0.3, 0.4) is 0 Å². The van der Waals surface area contributed by atoms with Crippen LogP contribution in [0.2, 0.25) is 5.15 Å². The highest BCUT2D eigenvalue weighted by Crippen LogP contribution is 2.37. The highest BCUT2D eigenvalue weighted by Gasteiger charge is 2.27. The number of halogens is 2. The first-order valence-corrected chi connectivity index (χ1v) is 8.46. The van der Waals surface area contributed by atoms with Gasteiger partial charge in [0.2, 0.25) is 0 Å². The standard InChI is InChI=1S/C16H16ClIN2/c1-2-5-13-14(18)15(17)20-16(19-13)12-9-8-10-6-3-4-7-11(10)12/h3-4,6-7,12H,2,5,8-9H2,1H3. The molecule has 0 fully saturated rings. The van der Waals surface area contributed by atoms with E-state index in [4.69, 9.17) is 16.6 Å². The number of hydrogen-bond donors (Lipinski definition) is 0. The third kappa shape index (κ3) is 2.58. The van der Waals surface area contributed by atoms with Gasteiger partial charge in [-0.05, 0) is 53.0 Å². The number of rotatable bonds is 3. The highest BCUT2D eigenvalue weighted by atomic mass is 127. The Kier molecular flexibility index (Phi) is 4.26. The van der Waals surface area contributed by atoms with Gasteiger partial charge in [-0.25, -0.2) is 9.97 Å². The lowest BCUT2D eigenvalue weighted by Gasteiger charge is -2.13. The Bertz CT molecular complexity index is 642. The van der Waals surface area contributed by atoms with Crippen molar-refractivity contribution >= 4 is 34.2 Å². The van der Waals surface area contributed by atoms with Crippen molar-refractivity contribution in [2.45, 2.75) is 38.5 Å². The fraction of sp³-hybridized carbons (Fsp3) is 0.375. The smallest absolute Gasteiger partial charge is 0.146 e. The van der Waals surface area contributed by atoms with Gasteiger partial charge in [0.25, 0.3) is 0 Å². The molecule has 104 valence electrons. The van der Waals surface area contributed by atoms with Crippen molar-refractivity contribution in [3.8, 4) is 0 Å². The lowest BCUT2D eigenvalue weighted by molar-refractivity contribution is 0.711. The van der Waals surface area contributed by atoms with Gasteiger partial charge in [-0.15, -0.1) is 0 Å². The zero-order chi connectivity index (χ0) is 14.1. The van der Waals surface area contributed by atoms with E-state index in [2.05, 4.69) is 58.8 Å². The fourth-order valence-electron chi connectivity index (χ4n) is 2.86. The molecule has 1 atom stereocenters. The molecule has 0 N–H and O–H groups in total. The molecular weight excluding hydrogens is 383 g/mol. The van der Waals surface area contributed by atoms with E-state index in [1.807, 2.05) is 0 Å². The summed E-state index contributed by atoms with van der Waals surface area (Å²) in [4.78, 5) is 9.34. The van der Waals surface area contributed by atoms with E-state index in [0.717, 1.165) is 40.8 Å². The molecule has 0 aliphatic heterocycles.